The fourth-order valence-corrected chi connectivity index (χ4v) is 2.98. The van der Waals surface area contributed by atoms with Crippen LogP contribution >= 0.6 is 0 Å². The Labute approximate surface area is 92.8 Å². The van der Waals surface area contributed by atoms with Crippen LogP contribution in [0.15, 0.2) is 0 Å². The van der Waals surface area contributed by atoms with E-state index in [1.54, 1.807) is 0 Å². The number of aliphatic hydroxyl groups excluding tert-OH is 1. The minimum Gasteiger partial charge on any atom is -0.393 e. The Morgan fingerprint density at radius 2 is 2.00 bits per heavy atom. The zero-order valence-electron chi connectivity index (χ0n) is 9.78. The standard InChI is InChI=1S/C12H24N2O/c1-14-7-4-12(15)11(9-14)8-10-2-5-13-6-3-10/h10-13,15H,2-9H2,1H3/t11-,12-/m1/s1. The summed E-state index contributed by atoms with van der Waals surface area (Å²) in [5.74, 6) is 1.37. The van der Waals surface area contributed by atoms with Gasteiger partial charge in [0.1, 0.15) is 0 Å². The third kappa shape index (κ3) is 3.16. The highest BCUT2D eigenvalue weighted by Crippen LogP contribution is 2.27. The van der Waals surface area contributed by atoms with E-state index in [2.05, 4.69) is 17.3 Å². The number of hydrogen-bond acceptors (Lipinski definition) is 3. The number of nitrogens with one attached hydrogen (secondary N) is 1. The van der Waals surface area contributed by atoms with Gasteiger partial charge in [-0.2, -0.15) is 0 Å². The van der Waals surface area contributed by atoms with E-state index in [0.29, 0.717) is 5.92 Å². The van der Waals surface area contributed by atoms with Crippen molar-refractivity contribution in [1.29, 1.82) is 0 Å². The molecule has 0 saturated carbocycles. The lowest BCUT2D eigenvalue weighted by Crippen LogP contribution is -2.42. The van der Waals surface area contributed by atoms with Crippen molar-refractivity contribution < 1.29 is 5.11 Å². The first-order chi connectivity index (χ1) is 7.25. The molecule has 0 amide bonds. The molecular weight excluding hydrogens is 188 g/mol. The number of nitrogens with zero attached hydrogens (tertiary/aromatic N) is 1. The third-order valence-electron chi connectivity index (χ3n) is 3.99. The predicted molar refractivity (Wildman–Crippen MR) is 61.8 cm³/mol. The van der Waals surface area contributed by atoms with Crippen LogP contribution in [0.4, 0.5) is 0 Å². The maximum atomic E-state index is 9.98. The van der Waals surface area contributed by atoms with Gasteiger partial charge in [-0.3, -0.25) is 0 Å². The van der Waals surface area contributed by atoms with E-state index >= 15 is 0 Å². The smallest absolute Gasteiger partial charge is 0.0592 e. The van der Waals surface area contributed by atoms with Crippen LogP contribution in [0.3, 0.4) is 0 Å². The Bertz CT molecular complexity index is 192. The van der Waals surface area contributed by atoms with Gasteiger partial charge in [-0.15, -0.1) is 0 Å². The topological polar surface area (TPSA) is 35.5 Å². The van der Waals surface area contributed by atoms with Crippen LogP contribution in [0.5, 0.6) is 0 Å². The first-order valence-corrected chi connectivity index (χ1v) is 6.33. The van der Waals surface area contributed by atoms with E-state index in [4.69, 9.17) is 0 Å². The molecule has 15 heavy (non-hydrogen) atoms. The molecule has 0 aromatic heterocycles. The fraction of sp³-hybridized carbons (Fsp3) is 1.00. The Morgan fingerprint density at radius 3 is 2.73 bits per heavy atom. The molecule has 0 spiro atoms. The first kappa shape index (κ1) is 11.4. The van der Waals surface area contributed by atoms with Crippen LogP contribution in [-0.4, -0.2) is 49.3 Å². The number of likely N-dealkylation sites (tertiary alicyclic amines) is 1. The molecule has 2 aliphatic rings. The summed E-state index contributed by atoms with van der Waals surface area (Å²) in [5.41, 5.74) is 0. The summed E-state index contributed by atoms with van der Waals surface area (Å²) in [6.45, 7) is 4.49. The number of hydrogen-bond donors (Lipinski definition) is 2. The average molecular weight is 212 g/mol. The fourth-order valence-electron chi connectivity index (χ4n) is 2.98. The minimum atomic E-state index is -0.0453. The number of piperidine rings is 2. The van der Waals surface area contributed by atoms with E-state index in [1.165, 1.54) is 32.4 Å². The molecular formula is C12H24N2O. The predicted octanol–water partition coefficient (Wildman–Crippen LogP) is 0.689. The van der Waals surface area contributed by atoms with E-state index in [-0.39, 0.29) is 6.10 Å². The lowest BCUT2D eigenvalue weighted by Gasteiger charge is -2.36. The van der Waals surface area contributed by atoms with Crippen molar-refractivity contribution in [3.05, 3.63) is 0 Å². The molecule has 2 heterocycles. The van der Waals surface area contributed by atoms with Crippen molar-refractivity contribution >= 4 is 0 Å². The molecule has 2 N–H and O–H groups in total. The van der Waals surface area contributed by atoms with Crippen molar-refractivity contribution in [3.63, 3.8) is 0 Å². The van der Waals surface area contributed by atoms with Crippen molar-refractivity contribution in [2.45, 2.75) is 31.8 Å². The van der Waals surface area contributed by atoms with Gasteiger partial charge in [0.15, 0.2) is 0 Å². The van der Waals surface area contributed by atoms with Gasteiger partial charge in [-0.1, -0.05) is 0 Å². The van der Waals surface area contributed by atoms with E-state index < -0.39 is 0 Å². The SMILES string of the molecule is CN1CC[C@@H](O)[C@H](CC2CCNCC2)C1. The van der Waals surface area contributed by atoms with Gasteiger partial charge < -0.3 is 15.3 Å². The maximum Gasteiger partial charge on any atom is 0.0592 e. The molecule has 2 aliphatic heterocycles. The normalized spacial score (nSPS) is 35.6. The Morgan fingerprint density at radius 1 is 1.27 bits per heavy atom. The summed E-state index contributed by atoms with van der Waals surface area (Å²) in [6, 6.07) is 0. The summed E-state index contributed by atoms with van der Waals surface area (Å²) >= 11 is 0. The first-order valence-electron chi connectivity index (χ1n) is 6.33. The van der Waals surface area contributed by atoms with Gasteiger partial charge in [-0.05, 0) is 57.7 Å². The lowest BCUT2D eigenvalue weighted by atomic mass is 9.82. The molecule has 88 valence electrons. The molecule has 2 fully saturated rings. The number of rotatable bonds is 2. The molecule has 0 aromatic rings. The summed E-state index contributed by atoms with van der Waals surface area (Å²) < 4.78 is 0. The second kappa shape index (κ2) is 5.28. The molecule has 0 radical (unpaired) electrons. The molecule has 0 bridgehead atoms. The Balaban J connectivity index is 1.80. The van der Waals surface area contributed by atoms with Crippen molar-refractivity contribution in [3.8, 4) is 0 Å². The highest BCUT2D eigenvalue weighted by molar-refractivity contribution is 4.82. The molecule has 3 nitrogen and oxygen atoms in total. The van der Waals surface area contributed by atoms with Gasteiger partial charge in [0, 0.05) is 13.1 Å². The maximum absolute atomic E-state index is 9.98. The molecule has 0 aromatic carbocycles. The second-order valence-corrected chi connectivity index (χ2v) is 5.31. The van der Waals surface area contributed by atoms with Crippen molar-refractivity contribution in [1.82, 2.24) is 10.2 Å². The summed E-state index contributed by atoms with van der Waals surface area (Å²) in [6.07, 6.45) is 4.75. The molecule has 0 unspecified atom stereocenters. The van der Waals surface area contributed by atoms with Crippen LogP contribution in [0.25, 0.3) is 0 Å². The zero-order chi connectivity index (χ0) is 10.7. The van der Waals surface area contributed by atoms with Gasteiger partial charge in [0.05, 0.1) is 6.10 Å². The molecule has 2 atom stereocenters. The largest absolute Gasteiger partial charge is 0.393 e. The third-order valence-corrected chi connectivity index (χ3v) is 3.99. The summed E-state index contributed by atoms with van der Waals surface area (Å²) in [4.78, 5) is 2.36. The Kier molecular flexibility index (Phi) is 4.00. The van der Waals surface area contributed by atoms with Gasteiger partial charge in [0.25, 0.3) is 0 Å². The highest BCUT2D eigenvalue weighted by Gasteiger charge is 2.28. The minimum absolute atomic E-state index is 0.0453. The van der Waals surface area contributed by atoms with Crippen LogP contribution in [0.1, 0.15) is 25.7 Å². The molecule has 0 aliphatic carbocycles. The molecule has 3 heteroatoms. The van der Waals surface area contributed by atoms with Gasteiger partial charge >= 0.3 is 0 Å². The van der Waals surface area contributed by atoms with Gasteiger partial charge in [-0.25, -0.2) is 0 Å². The van der Waals surface area contributed by atoms with Crippen LogP contribution in [0.2, 0.25) is 0 Å². The zero-order valence-corrected chi connectivity index (χ0v) is 9.78. The monoisotopic (exact) mass is 212 g/mol. The van der Waals surface area contributed by atoms with Crippen molar-refractivity contribution in [2.75, 3.05) is 33.2 Å². The lowest BCUT2D eigenvalue weighted by molar-refractivity contribution is 0.0223. The quantitative estimate of drug-likeness (QED) is 0.707. The summed E-state index contributed by atoms with van der Waals surface area (Å²) in [5, 5.41) is 13.4. The average Bonchev–Trinajstić information content (AvgIpc) is 2.25. The van der Waals surface area contributed by atoms with E-state index in [9.17, 15) is 5.11 Å². The molecule has 2 saturated heterocycles. The van der Waals surface area contributed by atoms with E-state index in [1.807, 2.05) is 0 Å². The van der Waals surface area contributed by atoms with Crippen molar-refractivity contribution in [2.24, 2.45) is 11.8 Å². The second-order valence-electron chi connectivity index (χ2n) is 5.31. The summed E-state index contributed by atoms with van der Waals surface area (Å²) in [7, 11) is 2.17. The van der Waals surface area contributed by atoms with Crippen LogP contribution < -0.4 is 5.32 Å². The van der Waals surface area contributed by atoms with Crippen LogP contribution in [-0.2, 0) is 0 Å². The van der Waals surface area contributed by atoms with E-state index in [0.717, 1.165) is 25.4 Å². The highest BCUT2D eigenvalue weighted by atomic mass is 16.3. The Hall–Kier alpha value is -0.120. The molecule has 2 rings (SSSR count). The van der Waals surface area contributed by atoms with Crippen LogP contribution in [0, 0.1) is 11.8 Å². The van der Waals surface area contributed by atoms with Gasteiger partial charge in [0.2, 0.25) is 0 Å². The number of aliphatic hydroxyl groups is 1.